The highest BCUT2D eigenvalue weighted by molar-refractivity contribution is 8.04. The predicted molar refractivity (Wildman–Crippen MR) is 129 cm³/mol. The van der Waals surface area contributed by atoms with Crippen molar-refractivity contribution in [1.29, 1.82) is 5.26 Å². The molecule has 1 heterocycles. The summed E-state index contributed by atoms with van der Waals surface area (Å²) in [6.07, 6.45) is 1.89. The van der Waals surface area contributed by atoms with E-state index in [0.717, 1.165) is 22.4 Å². The fourth-order valence-corrected chi connectivity index (χ4v) is 4.56. The zero-order valence-corrected chi connectivity index (χ0v) is 19.7. The number of hydrogen-bond donors (Lipinski definition) is 0. The summed E-state index contributed by atoms with van der Waals surface area (Å²) in [6.45, 7) is 8.92. The van der Waals surface area contributed by atoms with Crippen LogP contribution in [0.25, 0.3) is 6.08 Å². The number of esters is 1. The van der Waals surface area contributed by atoms with Gasteiger partial charge in [-0.15, -0.1) is 11.8 Å². The Kier molecular flexibility index (Phi) is 7.76. The van der Waals surface area contributed by atoms with Gasteiger partial charge in [-0.05, 0) is 58.9 Å². The Morgan fingerprint density at radius 3 is 2.34 bits per heavy atom. The van der Waals surface area contributed by atoms with Gasteiger partial charge in [0.05, 0.1) is 16.5 Å². The molecule has 1 aliphatic rings. The molecule has 6 heteroatoms. The third-order valence-corrected chi connectivity index (χ3v) is 6.28. The van der Waals surface area contributed by atoms with Crippen molar-refractivity contribution < 1.29 is 14.3 Å². The van der Waals surface area contributed by atoms with Crippen LogP contribution in [0.3, 0.4) is 0 Å². The number of hydrogen-bond acceptors (Lipinski definition) is 5. The number of carbonyl (C=O) groups excluding carboxylic acids is 2. The lowest BCUT2D eigenvalue weighted by atomic mass is 9.91. The van der Waals surface area contributed by atoms with Crippen LogP contribution in [0.5, 0.6) is 5.75 Å². The molecule has 32 heavy (non-hydrogen) atoms. The Balaban J connectivity index is 2.03. The van der Waals surface area contributed by atoms with Crippen molar-refractivity contribution >= 4 is 29.7 Å². The van der Waals surface area contributed by atoms with E-state index in [-0.39, 0.29) is 30.3 Å². The minimum absolute atomic E-state index is 0.0968. The van der Waals surface area contributed by atoms with Crippen molar-refractivity contribution in [2.75, 3.05) is 18.8 Å². The molecule has 2 aromatic rings. The van der Waals surface area contributed by atoms with Gasteiger partial charge in [0, 0.05) is 12.3 Å². The van der Waals surface area contributed by atoms with E-state index >= 15 is 0 Å². The normalized spacial score (nSPS) is 15.3. The Bertz CT molecular complexity index is 1040. The topological polar surface area (TPSA) is 70.4 Å². The van der Waals surface area contributed by atoms with E-state index in [1.807, 2.05) is 36.4 Å². The van der Waals surface area contributed by atoms with Crippen molar-refractivity contribution in [3.8, 4) is 11.8 Å². The van der Waals surface area contributed by atoms with E-state index in [2.05, 4.69) is 33.8 Å². The molecule has 0 unspecified atom stereocenters. The molecule has 166 valence electrons. The monoisotopic (exact) mass is 448 g/mol. The molecule has 1 aliphatic heterocycles. The molecule has 3 rings (SSSR count). The van der Waals surface area contributed by atoms with Crippen molar-refractivity contribution in [2.24, 2.45) is 0 Å². The van der Waals surface area contributed by atoms with E-state index in [9.17, 15) is 9.59 Å². The van der Waals surface area contributed by atoms with Crippen LogP contribution in [0, 0.1) is 11.3 Å². The molecule has 0 saturated carbocycles. The maximum atomic E-state index is 12.8. The Morgan fingerprint density at radius 1 is 1.16 bits per heavy atom. The number of thioether (sulfide) groups is 1. The van der Waals surface area contributed by atoms with Crippen LogP contribution < -0.4 is 4.74 Å². The smallest absolute Gasteiger partial charge is 0.343 e. The van der Waals surface area contributed by atoms with Gasteiger partial charge in [-0.25, -0.2) is 4.79 Å². The first-order valence-corrected chi connectivity index (χ1v) is 11.8. The fraction of sp³-hybridized carbons (Fsp3) is 0.346. The molecular weight excluding hydrogens is 420 g/mol. The fourth-order valence-electron chi connectivity index (χ4n) is 3.56. The molecule has 0 N–H and O–H groups in total. The zero-order valence-electron chi connectivity index (χ0n) is 18.9. The summed E-state index contributed by atoms with van der Waals surface area (Å²) in [7, 11) is 0. The molecule has 5 nitrogen and oxygen atoms in total. The van der Waals surface area contributed by atoms with Crippen LogP contribution in [0.2, 0.25) is 0 Å². The first kappa shape index (κ1) is 23.6. The molecule has 0 atom stereocenters. The van der Waals surface area contributed by atoms with E-state index in [4.69, 9.17) is 10.00 Å². The lowest BCUT2D eigenvalue weighted by Crippen LogP contribution is -2.37. The number of benzene rings is 2. The molecule has 0 aliphatic carbocycles. The second-order valence-electron chi connectivity index (χ2n) is 8.34. The molecule has 1 saturated heterocycles. The van der Waals surface area contributed by atoms with Gasteiger partial charge in [-0.2, -0.15) is 5.26 Å². The van der Waals surface area contributed by atoms with Gasteiger partial charge in [0.15, 0.2) is 0 Å². The molecule has 0 spiro atoms. The standard InChI is InChI=1S/C26H28N2O3S/c1-17(2)21-14-19(16-23-25(29)28(11-10-27)12-13-32-23)15-22(18(3)4)24(21)31-26(30)20-8-6-5-7-9-20/h5-9,14-18H,11-13H2,1-4H3/b23-16+. The number of amides is 1. The molecule has 0 bridgehead atoms. The quantitative estimate of drug-likeness (QED) is 0.249. The minimum Gasteiger partial charge on any atom is -0.422 e. The molecular formula is C26H28N2O3S. The van der Waals surface area contributed by atoms with Crippen LogP contribution in [0.1, 0.15) is 66.6 Å². The average Bonchev–Trinajstić information content (AvgIpc) is 2.77. The Morgan fingerprint density at radius 2 is 1.78 bits per heavy atom. The van der Waals surface area contributed by atoms with E-state index in [0.29, 0.717) is 22.8 Å². The molecule has 0 radical (unpaired) electrons. The highest BCUT2D eigenvalue weighted by Crippen LogP contribution is 2.38. The lowest BCUT2D eigenvalue weighted by molar-refractivity contribution is -0.125. The highest BCUT2D eigenvalue weighted by atomic mass is 32.2. The molecule has 0 aromatic heterocycles. The zero-order chi connectivity index (χ0) is 23.3. The number of ether oxygens (including phenoxy) is 1. The first-order valence-electron chi connectivity index (χ1n) is 10.8. The van der Waals surface area contributed by atoms with E-state index < -0.39 is 0 Å². The van der Waals surface area contributed by atoms with Gasteiger partial charge >= 0.3 is 5.97 Å². The summed E-state index contributed by atoms with van der Waals surface area (Å²) in [5, 5.41) is 8.98. The average molecular weight is 449 g/mol. The predicted octanol–water partition coefficient (Wildman–Crippen LogP) is 5.59. The van der Waals surface area contributed by atoms with Gasteiger partial charge < -0.3 is 9.64 Å². The summed E-state index contributed by atoms with van der Waals surface area (Å²) < 4.78 is 5.92. The van der Waals surface area contributed by atoms with E-state index in [1.165, 1.54) is 11.8 Å². The van der Waals surface area contributed by atoms with Crippen molar-refractivity contribution in [2.45, 2.75) is 39.5 Å². The summed E-state index contributed by atoms with van der Waals surface area (Å²) in [6, 6.07) is 15.0. The number of nitriles is 1. The van der Waals surface area contributed by atoms with Crippen LogP contribution in [-0.4, -0.2) is 35.6 Å². The first-order chi connectivity index (χ1) is 15.3. The SMILES string of the molecule is CC(C)c1cc(/C=C2/SCCN(CC#N)C2=O)cc(C(C)C)c1OC(=O)c1ccccc1. The van der Waals surface area contributed by atoms with E-state index in [1.54, 1.807) is 17.0 Å². The second kappa shape index (κ2) is 10.5. The summed E-state index contributed by atoms with van der Waals surface area (Å²) >= 11 is 1.51. The maximum absolute atomic E-state index is 12.8. The van der Waals surface area contributed by atoms with Crippen molar-refractivity contribution in [3.63, 3.8) is 0 Å². The maximum Gasteiger partial charge on any atom is 0.343 e. The number of carbonyl (C=O) groups is 2. The second-order valence-corrected chi connectivity index (χ2v) is 9.47. The Labute approximate surface area is 194 Å². The summed E-state index contributed by atoms with van der Waals surface area (Å²) in [5.41, 5.74) is 3.25. The molecule has 2 aromatic carbocycles. The number of rotatable bonds is 6. The van der Waals surface area contributed by atoms with Crippen molar-refractivity contribution in [3.05, 3.63) is 69.6 Å². The molecule has 1 fully saturated rings. The van der Waals surface area contributed by atoms with Crippen LogP contribution in [-0.2, 0) is 4.79 Å². The third kappa shape index (κ3) is 5.41. The van der Waals surface area contributed by atoms with Crippen LogP contribution in [0.4, 0.5) is 0 Å². The van der Waals surface area contributed by atoms with Crippen LogP contribution in [0.15, 0.2) is 47.4 Å². The van der Waals surface area contributed by atoms with Crippen molar-refractivity contribution in [1.82, 2.24) is 4.90 Å². The van der Waals surface area contributed by atoms with Gasteiger partial charge in [0.1, 0.15) is 12.3 Å². The van der Waals surface area contributed by atoms with Gasteiger partial charge in [-0.3, -0.25) is 4.79 Å². The largest absolute Gasteiger partial charge is 0.422 e. The summed E-state index contributed by atoms with van der Waals surface area (Å²) in [5.74, 6) is 1.11. The lowest BCUT2D eigenvalue weighted by Gasteiger charge is -2.26. The highest BCUT2D eigenvalue weighted by Gasteiger charge is 2.25. The third-order valence-electron chi connectivity index (χ3n) is 5.29. The summed E-state index contributed by atoms with van der Waals surface area (Å²) in [4.78, 5) is 27.7. The number of nitrogens with zero attached hydrogens (tertiary/aromatic N) is 2. The van der Waals surface area contributed by atoms with Gasteiger partial charge in [0.2, 0.25) is 0 Å². The van der Waals surface area contributed by atoms with Gasteiger partial charge in [0.25, 0.3) is 5.91 Å². The molecule has 1 amide bonds. The Hall–Kier alpha value is -3.04. The minimum atomic E-state index is -0.384. The van der Waals surface area contributed by atoms with Gasteiger partial charge in [-0.1, -0.05) is 45.9 Å². The van der Waals surface area contributed by atoms with Crippen LogP contribution >= 0.6 is 11.8 Å².